The van der Waals surface area contributed by atoms with Crippen LogP contribution < -0.4 is 15.0 Å². The van der Waals surface area contributed by atoms with Gasteiger partial charge in [0.2, 0.25) is 0 Å². The summed E-state index contributed by atoms with van der Waals surface area (Å²) in [5, 5.41) is 3.04. The van der Waals surface area contributed by atoms with Crippen LogP contribution in [0.1, 0.15) is 69.8 Å². The number of methoxy groups -OCH3 is 1. The number of carbonyl (C=O) groups is 2. The predicted molar refractivity (Wildman–Crippen MR) is 187 cm³/mol. The van der Waals surface area contributed by atoms with Gasteiger partial charge in [0, 0.05) is 55.6 Å². The lowest BCUT2D eigenvalue weighted by molar-refractivity contribution is 0.0595. The van der Waals surface area contributed by atoms with Gasteiger partial charge in [0.05, 0.1) is 13.3 Å². The molecule has 48 heavy (non-hydrogen) atoms. The number of allylic oxidation sites excluding steroid dienone is 1. The molecular formula is C37H44ClFN4O5. The van der Waals surface area contributed by atoms with Crippen LogP contribution in [-0.4, -0.2) is 67.4 Å². The highest BCUT2D eigenvalue weighted by molar-refractivity contribution is 6.30. The lowest BCUT2D eigenvalue weighted by Gasteiger charge is -2.39. The number of anilines is 2. The van der Waals surface area contributed by atoms with Gasteiger partial charge in [0.15, 0.2) is 11.6 Å². The van der Waals surface area contributed by atoms with Gasteiger partial charge in [-0.3, -0.25) is 10.2 Å². The van der Waals surface area contributed by atoms with Crippen LogP contribution in [0.2, 0.25) is 5.02 Å². The first-order valence-corrected chi connectivity index (χ1v) is 16.6. The highest BCUT2D eigenvalue weighted by atomic mass is 35.5. The largest absolute Gasteiger partial charge is 0.465 e. The number of rotatable bonds is 8. The van der Waals surface area contributed by atoms with Crippen molar-refractivity contribution < 1.29 is 28.2 Å². The average Bonchev–Trinajstić information content (AvgIpc) is 3.02. The van der Waals surface area contributed by atoms with E-state index in [1.54, 1.807) is 32.9 Å². The molecule has 2 aromatic carbocycles. The summed E-state index contributed by atoms with van der Waals surface area (Å²) < 4.78 is 31.0. The van der Waals surface area contributed by atoms with Crippen LogP contribution in [-0.2, 0) is 9.47 Å². The summed E-state index contributed by atoms with van der Waals surface area (Å²) in [6.45, 7) is 14.0. The first kappa shape index (κ1) is 35.2. The quantitative estimate of drug-likeness (QED) is 0.237. The smallest absolute Gasteiger partial charge is 0.413 e. The Labute approximate surface area is 287 Å². The minimum Gasteiger partial charge on any atom is -0.465 e. The summed E-state index contributed by atoms with van der Waals surface area (Å²) in [5.74, 6) is -1.45. The molecule has 0 saturated carbocycles. The molecule has 0 unspecified atom stereocenters. The summed E-state index contributed by atoms with van der Waals surface area (Å²) in [7, 11) is 1.29. The van der Waals surface area contributed by atoms with E-state index in [1.165, 1.54) is 30.0 Å². The average molecular weight is 679 g/mol. The molecule has 1 aromatic heterocycles. The number of benzene rings is 2. The van der Waals surface area contributed by atoms with Crippen LogP contribution in [0.3, 0.4) is 0 Å². The van der Waals surface area contributed by atoms with Crippen LogP contribution in [0.5, 0.6) is 11.5 Å². The van der Waals surface area contributed by atoms with Crippen LogP contribution in [0.4, 0.5) is 20.7 Å². The van der Waals surface area contributed by atoms with Crippen LogP contribution in [0, 0.1) is 11.2 Å². The Morgan fingerprint density at radius 3 is 2.40 bits per heavy atom. The molecule has 2 heterocycles. The molecule has 9 nitrogen and oxygen atoms in total. The highest BCUT2D eigenvalue weighted by Crippen LogP contribution is 2.43. The number of halogens is 2. The number of piperazine rings is 1. The molecule has 1 N–H and O–H groups in total. The first-order chi connectivity index (χ1) is 22.7. The van der Waals surface area contributed by atoms with E-state index < -0.39 is 23.5 Å². The third-order valence-electron chi connectivity index (χ3n) is 8.56. The van der Waals surface area contributed by atoms with E-state index >= 15 is 0 Å². The topological polar surface area (TPSA) is 93.2 Å². The van der Waals surface area contributed by atoms with Crippen molar-refractivity contribution in [2.75, 3.05) is 50.1 Å². The van der Waals surface area contributed by atoms with E-state index in [0.717, 1.165) is 68.8 Å². The van der Waals surface area contributed by atoms with Crippen molar-refractivity contribution in [3.8, 4) is 11.5 Å². The van der Waals surface area contributed by atoms with Crippen LogP contribution in [0.25, 0.3) is 5.57 Å². The zero-order chi connectivity index (χ0) is 34.6. The van der Waals surface area contributed by atoms with Crippen LogP contribution >= 0.6 is 11.6 Å². The number of nitrogens with one attached hydrogen (secondary N) is 1. The Morgan fingerprint density at radius 2 is 1.75 bits per heavy atom. The number of aromatic nitrogens is 1. The number of pyridine rings is 1. The van der Waals surface area contributed by atoms with Gasteiger partial charge in [0.25, 0.3) is 0 Å². The van der Waals surface area contributed by atoms with E-state index in [9.17, 15) is 14.0 Å². The van der Waals surface area contributed by atoms with Crippen molar-refractivity contribution >= 4 is 40.7 Å². The lowest BCUT2D eigenvalue weighted by Crippen LogP contribution is -2.47. The van der Waals surface area contributed by atoms with Crippen molar-refractivity contribution in [2.45, 2.75) is 59.5 Å². The summed E-state index contributed by atoms with van der Waals surface area (Å²) in [5.41, 5.74) is 4.75. The number of ether oxygens (including phenoxy) is 3. The fourth-order valence-corrected chi connectivity index (χ4v) is 6.19. The van der Waals surface area contributed by atoms with Crippen molar-refractivity contribution in [1.82, 2.24) is 9.88 Å². The molecule has 256 valence electrons. The van der Waals surface area contributed by atoms with Gasteiger partial charge in [-0.2, -0.15) is 0 Å². The van der Waals surface area contributed by atoms with Gasteiger partial charge in [-0.25, -0.2) is 19.0 Å². The van der Waals surface area contributed by atoms with Crippen LogP contribution in [0.15, 0.2) is 60.3 Å². The second-order valence-corrected chi connectivity index (χ2v) is 14.5. The molecule has 1 aliphatic carbocycles. The van der Waals surface area contributed by atoms with Crippen molar-refractivity contribution in [3.63, 3.8) is 0 Å². The minimum absolute atomic E-state index is 0.0507. The number of hydrogen-bond acceptors (Lipinski definition) is 8. The second kappa shape index (κ2) is 14.5. The monoisotopic (exact) mass is 678 g/mol. The number of hydrogen-bond donors (Lipinski definition) is 1. The summed E-state index contributed by atoms with van der Waals surface area (Å²) in [4.78, 5) is 33.4. The SMILES string of the molecule is COC(=O)c1ccc(N2CCN(CC3=C(c4ccc(Cl)cc4)CC(C)(C)CC3)CC2)cc1Oc1cnc(NC(=O)OC(C)(C)C)c(F)c1. The van der Waals surface area contributed by atoms with E-state index in [4.69, 9.17) is 25.8 Å². The molecular weight excluding hydrogens is 635 g/mol. The van der Waals surface area contributed by atoms with Gasteiger partial charge < -0.3 is 19.1 Å². The Balaban J connectivity index is 1.28. The molecule has 0 bridgehead atoms. The first-order valence-electron chi connectivity index (χ1n) is 16.2. The van der Waals surface area contributed by atoms with Crippen molar-refractivity contribution in [1.29, 1.82) is 0 Å². The molecule has 0 radical (unpaired) electrons. The Kier molecular flexibility index (Phi) is 10.7. The molecule has 0 atom stereocenters. The molecule has 3 aromatic rings. The molecule has 2 aliphatic rings. The maximum Gasteiger partial charge on any atom is 0.413 e. The van der Waals surface area contributed by atoms with Gasteiger partial charge in [-0.1, -0.05) is 43.2 Å². The van der Waals surface area contributed by atoms with Crippen molar-refractivity contribution in [3.05, 3.63) is 82.3 Å². The van der Waals surface area contributed by atoms with Gasteiger partial charge in [-0.05, 0) is 80.9 Å². The summed E-state index contributed by atoms with van der Waals surface area (Å²) >= 11 is 6.19. The highest BCUT2D eigenvalue weighted by Gasteiger charge is 2.30. The van der Waals surface area contributed by atoms with Gasteiger partial charge in [0.1, 0.15) is 22.7 Å². The second-order valence-electron chi connectivity index (χ2n) is 14.1. The third-order valence-corrected chi connectivity index (χ3v) is 8.82. The fourth-order valence-electron chi connectivity index (χ4n) is 6.06. The van der Waals surface area contributed by atoms with Crippen molar-refractivity contribution in [2.24, 2.45) is 5.41 Å². The third kappa shape index (κ3) is 9.05. The zero-order valence-corrected chi connectivity index (χ0v) is 29.2. The molecule has 1 amide bonds. The molecule has 1 aliphatic heterocycles. The summed E-state index contributed by atoms with van der Waals surface area (Å²) in [6.07, 6.45) is 3.72. The molecule has 5 rings (SSSR count). The number of nitrogens with zero attached hydrogens (tertiary/aromatic N) is 3. The number of amides is 1. The van der Waals surface area contributed by atoms with E-state index in [0.29, 0.717) is 0 Å². The number of esters is 1. The van der Waals surface area contributed by atoms with Gasteiger partial charge in [-0.15, -0.1) is 0 Å². The number of carbonyl (C=O) groups excluding carboxylic acids is 2. The maximum atomic E-state index is 14.9. The molecule has 0 spiro atoms. The van der Waals surface area contributed by atoms with Gasteiger partial charge >= 0.3 is 12.1 Å². The fraction of sp³-hybridized carbons (Fsp3) is 0.432. The van der Waals surface area contributed by atoms with E-state index in [2.05, 4.69) is 46.1 Å². The standard InChI is InChI=1S/C37H44ClFN4O5/c1-36(2,3)48-35(45)41-33-31(39)20-28(22-40-33)47-32-19-27(11-12-29(32)34(44)46-6)43-17-15-42(16-18-43)23-25-13-14-37(4,5)21-30(25)24-7-9-26(38)10-8-24/h7-12,19-20,22H,13-18,21,23H2,1-6H3,(H,40,41,45). The predicted octanol–water partition coefficient (Wildman–Crippen LogP) is 8.59. The summed E-state index contributed by atoms with van der Waals surface area (Å²) in [6, 6.07) is 14.6. The Bertz CT molecular complexity index is 1680. The van der Waals surface area contributed by atoms with E-state index in [-0.39, 0.29) is 28.3 Å². The Morgan fingerprint density at radius 1 is 1.04 bits per heavy atom. The van der Waals surface area contributed by atoms with E-state index in [1.807, 2.05) is 18.2 Å². The molecule has 11 heteroatoms. The molecule has 1 fully saturated rings. The molecule has 1 saturated heterocycles. The minimum atomic E-state index is -0.829. The Hall–Kier alpha value is -4.15. The maximum absolute atomic E-state index is 14.9. The lowest BCUT2D eigenvalue weighted by atomic mass is 9.72. The zero-order valence-electron chi connectivity index (χ0n) is 28.5. The normalized spacial score (nSPS) is 16.8.